The highest BCUT2D eigenvalue weighted by atomic mass is 32.1. The monoisotopic (exact) mass is 240 g/mol. The molecular formula is C12H20N2OS. The van der Waals surface area contributed by atoms with Gasteiger partial charge in [-0.1, -0.05) is 26.2 Å². The molecule has 0 radical (unpaired) electrons. The predicted molar refractivity (Wildman–Crippen MR) is 70.3 cm³/mol. The van der Waals surface area contributed by atoms with Gasteiger partial charge in [-0.2, -0.15) is 0 Å². The number of rotatable bonds is 7. The van der Waals surface area contributed by atoms with Crippen LogP contribution in [0.5, 0.6) is 0 Å². The third-order valence-electron chi connectivity index (χ3n) is 2.32. The van der Waals surface area contributed by atoms with Gasteiger partial charge in [0.1, 0.15) is 5.76 Å². The van der Waals surface area contributed by atoms with Crippen LogP contribution in [0.15, 0.2) is 22.8 Å². The lowest BCUT2D eigenvalue weighted by Gasteiger charge is -2.08. The van der Waals surface area contributed by atoms with Gasteiger partial charge in [0, 0.05) is 6.54 Å². The minimum Gasteiger partial charge on any atom is -0.467 e. The molecule has 0 saturated carbocycles. The van der Waals surface area contributed by atoms with Gasteiger partial charge in [0.05, 0.1) is 12.8 Å². The van der Waals surface area contributed by atoms with Gasteiger partial charge < -0.3 is 15.1 Å². The van der Waals surface area contributed by atoms with Crippen molar-refractivity contribution in [1.82, 2.24) is 10.6 Å². The number of nitrogens with one attached hydrogen (secondary N) is 2. The van der Waals surface area contributed by atoms with E-state index in [-0.39, 0.29) is 0 Å². The van der Waals surface area contributed by atoms with Crippen LogP contribution in [0.25, 0.3) is 0 Å². The maximum absolute atomic E-state index is 5.19. The molecule has 0 spiro atoms. The van der Waals surface area contributed by atoms with Gasteiger partial charge in [-0.15, -0.1) is 0 Å². The normalized spacial score (nSPS) is 10.1. The van der Waals surface area contributed by atoms with Gasteiger partial charge in [0.25, 0.3) is 0 Å². The molecule has 0 aliphatic carbocycles. The number of furan rings is 1. The lowest BCUT2D eigenvalue weighted by atomic mass is 10.2. The zero-order valence-electron chi connectivity index (χ0n) is 9.79. The molecule has 1 rings (SSSR count). The average molecular weight is 240 g/mol. The molecule has 0 aromatic carbocycles. The van der Waals surface area contributed by atoms with Crippen LogP contribution in [0.1, 0.15) is 38.4 Å². The van der Waals surface area contributed by atoms with Crippen LogP contribution in [-0.4, -0.2) is 11.7 Å². The molecule has 0 atom stereocenters. The first-order valence-corrected chi connectivity index (χ1v) is 6.28. The zero-order chi connectivity index (χ0) is 11.6. The van der Waals surface area contributed by atoms with Crippen molar-refractivity contribution in [3.8, 4) is 0 Å². The Morgan fingerprint density at radius 3 is 2.88 bits per heavy atom. The standard InChI is InChI=1S/C12H20N2OS/c1-2-3-4-5-8-13-12(16)14-10-11-7-6-9-15-11/h6-7,9H,2-5,8,10H2,1H3,(H2,13,14,16). The fraction of sp³-hybridized carbons (Fsp3) is 0.583. The van der Waals surface area contributed by atoms with Crippen molar-refractivity contribution in [2.45, 2.75) is 39.2 Å². The number of hydrogen-bond donors (Lipinski definition) is 2. The minimum absolute atomic E-state index is 0.647. The van der Waals surface area contributed by atoms with Crippen molar-refractivity contribution in [2.75, 3.05) is 6.54 Å². The smallest absolute Gasteiger partial charge is 0.166 e. The van der Waals surface area contributed by atoms with Crippen molar-refractivity contribution in [3.05, 3.63) is 24.2 Å². The maximum atomic E-state index is 5.19. The van der Waals surface area contributed by atoms with Crippen LogP contribution < -0.4 is 10.6 Å². The molecule has 4 heteroatoms. The predicted octanol–water partition coefficient (Wildman–Crippen LogP) is 2.82. The third-order valence-corrected chi connectivity index (χ3v) is 2.61. The number of hydrogen-bond acceptors (Lipinski definition) is 2. The highest BCUT2D eigenvalue weighted by Crippen LogP contribution is 1.99. The molecule has 1 aromatic rings. The summed E-state index contributed by atoms with van der Waals surface area (Å²) in [5.74, 6) is 0.898. The summed E-state index contributed by atoms with van der Waals surface area (Å²) in [5.41, 5.74) is 0. The first kappa shape index (κ1) is 13.0. The first-order valence-electron chi connectivity index (χ1n) is 5.87. The molecule has 0 aliphatic rings. The van der Waals surface area contributed by atoms with Gasteiger partial charge in [0.15, 0.2) is 5.11 Å². The van der Waals surface area contributed by atoms with Crippen LogP contribution in [0.2, 0.25) is 0 Å². The van der Waals surface area contributed by atoms with E-state index in [2.05, 4.69) is 17.6 Å². The number of thiocarbonyl (C=S) groups is 1. The van der Waals surface area contributed by atoms with Crippen molar-refractivity contribution in [3.63, 3.8) is 0 Å². The topological polar surface area (TPSA) is 37.2 Å². The van der Waals surface area contributed by atoms with E-state index < -0.39 is 0 Å². The molecule has 90 valence electrons. The third kappa shape index (κ3) is 5.75. The molecule has 0 amide bonds. The highest BCUT2D eigenvalue weighted by molar-refractivity contribution is 7.80. The summed E-state index contributed by atoms with van der Waals surface area (Å²) in [6.45, 7) is 3.81. The van der Waals surface area contributed by atoms with Gasteiger partial charge in [0.2, 0.25) is 0 Å². The molecule has 2 N–H and O–H groups in total. The van der Waals surface area contributed by atoms with Gasteiger partial charge in [-0.25, -0.2) is 0 Å². The quantitative estimate of drug-likeness (QED) is 0.567. The molecule has 0 bridgehead atoms. The van der Waals surface area contributed by atoms with E-state index in [0.29, 0.717) is 11.7 Å². The number of unbranched alkanes of at least 4 members (excludes halogenated alkanes) is 3. The molecule has 3 nitrogen and oxygen atoms in total. The first-order chi connectivity index (χ1) is 7.83. The Labute approximate surface area is 103 Å². The van der Waals surface area contributed by atoms with Gasteiger partial charge in [-0.3, -0.25) is 0 Å². The summed E-state index contributed by atoms with van der Waals surface area (Å²) in [5, 5.41) is 6.99. The van der Waals surface area contributed by atoms with Crippen molar-refractivity contribution in [2.24, 2.45) is 0 Å². The Morgan fingerprint density at radius 1 is 1.31 bits per heavy atom. The lowest BCUT2D eigenvalue weighted by molar-refractivity contribution is 0.502. The van der Waals surface area contributed by atoms with Crippen LogP contribution in [0.4, 0.5) is 0 Å². The van der Waals surface area contributed by atoms with E-state index in [1.807, 2.05) is 12.1 Å². The van der Waals surface area contributed by atoms with Crippen LogP contribution in [0, 0.1) is 0 Å². The SMILES string of the molecule is CCCCCCNC(=S)NCc1ccco1. The molecule has 16 heavy (non-hydrogen) atoms. The van der Waals surface area contributed by atoms with E-state index in [0.717, 1.165) is 12.3 Å². The Hall–Kier alpha value is -1.03. The van der Waals surface area contributed by atoms with E-state index in [9.17, 15) is 0 Å². The Balaban J connectivity index is 1.99. The van der Waals surface area contributed by atoms with Crippen molar-refractivity contribution >= 4 is 17.3 Å². The molecular weight excluding hydrogens is 220 g/mol. The van der Waals surface area contributed by atoms with Crippen molar-refractivity contribution in [1.29, 1.82) is 0 Å². The molecule has 0 fully saturated rings. The largest absolute Gasteiger partial charge is 0.467 e. The van der Waals surface area contributed by atoms with Crippen LogP contribution in [-0.2, 0) is 6.54 Å². The van der Waals surface area contributed by atoms with Crippen molar-refractivity contribution < 1.29 is 4.42 Å². The maximum Gasteiger partial charge on any atom is 0.166 e. The van der Waals surface area contributed by atoms with E-state index >= 15 is 0 Å². The fourth-order valence-corrected chi connectivity index (χ4v) is 1.57. The summed E-state index contributed by atoms with van der Waals surface area (Å²) in [6.07, 6.45) is 6.68. The average Bonchev–Trinajstić information content (AvgIpc) is 2.79. The zero-order valence-corrected chi connectivity index (χ0v) is 10.6. The molecule has 0 aliphatic heterocycles. The van der Waals surface area contributed by atoms with Crippen LogP contribution >= 0.6 is 12.2 Å². The molecule has 1 heterocycles. The van der Waals surface area contributed by atoms with Crippen LogP contribution in [0.3, 0.4) is 0 Å². The second-order valence-electron chi connectivity index (χ2n) is 3.75. The second kappa shape index (κ2) is 8.16. The molecule has 0 saturated heterocycles. The Morgan fingerprint density at radius 2 is 2.19 bits per heavy atom. The summed E-state index contributed by atoms with van der Waals surface area (Å²) >= 11 is 5.14. The van der Waals surface area contributed by atoms with E-state index in [4.69, 9.17) is 16.6 Å². The van der Waals surface area contributed by atoms with Gasteiger partial charge in [-0.05, 0) is 30.8 Å². The summed E-state index contributed by atoms with van der Waals surface area (Å²) in [7, 11) is 0. The van der Waals surface area contributed by atoms with Gasteiger partial charge >= 0.3 is 0 Å². The summed E-state index contributed by atoms with van der Waals surface area (Å²) in [6, 6.07) is 3.80. The summed E-state index contributed by atoms with van der Waals surface area (Å²) in [4.78, 5) is 0. The highest BCUT2D eigenvalue weighted by Gasteiger charge is 1.97. The summed E-state index contributed by atoms with van der Waals surface area (Å²) < 4.78 is 5.19. The molecule has 0 unspecified atom stereocenters. The Bertz CT molecular complexity index is 285. The fourth-order valence-electron chi connectivity index (χ4n) is 1.40. The van der Waals surface area contributed by atoms with E-state index in [1.54, 1.807) is 6.26 Å². The Kier molecular flexibility index (Phi) is 6.65. The second-order valence-corrected chi connectivity index (χ2v) is 4.16. The van der Waals surface area contributed by atoms with E-state index in [1.165, 1.54) is 25.7 Å². The minimum atomic E-state index is 0.647. The molecule has 1 aromatic heterocycles. The lowest BCUT2D eigenvalue weighted by Crippen LogP contribution is -2.35.